The number of fused-ring (bicyclic) bond motifs is 3. The van der Waals surface area contributed by atoms with Gasteiger partial charge in [0.05, 0.1) is 19.8 Å². The molecule has 0 bridgehead atoms. The molecule has 1 fully saturated rings. The molecule has 0 amide bonds. The van der Waals surface area contributed by atoms with Crippen LogP contribution in [0.1, 0.15) is 5.69 Å². The number of aromatic nitrogens is 5. The Kier molecular flexibility index (Phi) is 4.62. The average molecular weight is 376 g/mol. The molecule has 3 aromatic heterocycles. The number of aliphatic hydroxyl groups excluding tert-OH is 1. The van der Waals surface area contributed by atoms with Crippen molar-refractivity contribution in [3.8, 4) is 0 Å². The van der Waals surface area contributed by atoms with E-state index in [0.717, 1.165) is 18.8 Å². The Hall–Kier alpha value is -2.43. The van der Waals surface area contributed by atoms with Crippen LogP contribution in [0.25, 0.3) is 16.9 Å². The monoisotopic (exact) mass is 376 g/mol. The minimum atomic E-state index is -0.369. The second-order valence-corrected chi connectivity index (χ2v) is 6.85. The Balaban J connectivity index is 1.83. The third kappa shape index (κ3) is 2.89. The van der Waals surface area contributed by atoms with Crippen molar-refractivity contribution >= 4 is 16.9 Å². The van der Waals surface area contributed by atoms with Gasteiger partial charge in [-0.2, -0.15) is 4.98 Å². The predicted octanol–water partition coefficient (Wildman–Crippen LogP) is -1.22. The van der Waals surface area contributed by atoms with Gasteiger partial charge in [-0.05, 0) is 6.92 Å². The molecule has 0 atom stereocenters. The fraction of sp³-hybridized carbons (Fsp3) is 0.588. The first-order valence-electron chi connectivity index (χ1n) is 9.11. The lowest BCUT2D eigenvalue weighted by Gasteiger charge is -2.26. The van der Waals surface area contributed by atoms with E-state index < -0.39 is 0 Å². The van der Waals surface area contributed by atoms with Gasteiger partial charge in [-0.25, -0.2) is 4.79 Å². The van der Waals surface area contributed by atoms with Crippen LogP contribution in [0, 0.1) is 6.92 Å². The van der Waals surface area contributed by atoms with E-state index >= 15 is 0 Å². The minimum absolute atomic E-state index is 0.0307. The van der Waals surface area contributed by atoms with Crippen LogP contribution in [0.5, 0.6) is 0 Å². The van der Waals surface area contributed by atoms with Gasteiger partial charge < -0.3 is 14.4 Å². The number of ether oxygens (including phenoxy) is 1. The lowest BCUT2D eigenvalue weighted by molar-refractivity contribution is 0.0361. The maximum atomic E-state index is 13.1. The Morgan fingerprint density at radius 2 is 1.89 bits per heavy atom. The van der Waals surface area contributed by atoms with Crippen molar-refractivity contribution in [2.24, 2.45) is 7.05 Å². The smallest absolute Gasteiger partial charge is 0.332 e. The van der Waals surface area contributed by atoms with Crippen LogP contribution >= 0.6 is 0 Å². The van der Waals surface area contributed by atoms with Gasteiger partial charge >= 0.3 is 5.69 Å². The zero-order chi connectivity index (χ0) is 19.1. The lowest BCUT2D eigenvalue weighted by Crippen LogP contribution is -2.44. The second-order valence-electron chi connectivity index (χ2n) is 6.85. The molecule has 0 aliphatic carbocycles. The van der Waals surface area contributed by atoms with Gasteiger partial charge in [0.2, 0.25) is 5.78 Å². The molecule has 0 spiro atoms. The van der Waals surface area contributed by atoms with E-state index in [1.807, 2.05) is 17.7 Å². The summed E-state index contributed by atoms with van der Waals surface area (Å²) in [6.45, 7) is 6.15. The summed E-state index contributed by atoms with van der Waals surface area (Å²) < 4.78 is 11.6. The van der Waals surface area contributed by atoms with Crippen molar-refractivity contribution in [2.45, 2.75) is 20.0 Å². The summed E-state index contributed by atoms with van der Waals surface area (Å²) in [5, 5.41) is 9.30. The van der Waals surface area contributed by atoms with E-state index in [0.29, 0.717) is 49.8 Å². The van der Waals surface area contributed by atoms with Crippen LogP contribution in [0.4, 0.5) is 0 Å². The van der Waals surface area contributed by atoms with Gasteiger partial charge in [0.15, 0.2) is 11.2 Å². The summed E-state index contributed by atoms with van der Waals surface area (Å²) in [5.41, 5.74) is 0.923. The van der Waals surface area contributed by atoms with E-state index in [1.165, 1.54) is 9.13 Å². The van der Waals surface area contributed by atoms with E-state index in [1.54, 1.807) is 11.4 Å². The van der Waals surface area contributed by atoms with Crippen molar-refractivity contribution in [3.63, 3.8) is 0 Å². The molecular weight excluding hydrogens is 352 g/mol. The fourth-order valence-corrected chi connectivity index (χ4v) is 3.69. The van der Waals surface area contributed by atoms with Crippen LogP contribution in [0.3, 0.4) is 0 Å². The number of morpholine rings is 1. The number of aliphatic hydroxyl groups is 1. The molecular formula is C17H24N6O4. The van der Waals surface area contributed by atoms with Gasteiger partial charge in [-0.1, -0.05) is 0 Å². The van der Waals surface area contributed by atoms with E-state index in [9.17, 15) is 14.7 Å². The first kappa shape index (κ1) is 18.0. The Labute approximate surface area is 154 Å². The number of nitrogens with zero attached hydrogens (tertiary/aromatic N) is 6. The molecule has 27 heavy (non-hydrogen) atoms. The van der Waals surface area contributed by atoms with Crippen molar-refractivity contribution < 1.29 is 9.84 Å². The molecule has 0 radical (unpaired) electrons. The topological polar surface area (TPSA) is 98.9 Å². The molecule has 1 N–H and O–H groups in total. The molecule has 4 rings (SSSR count). The highest BCUT2D eigenvalue weighted by molar-refractivity contribution is 5.75. The number of hydrogen-bond acceptors (Lipinski definition) is 6. The fourth-order valence-electron chi connectivity index (χ4n) is 3.69. The van der Waals surface area contributed by atoms with Crippen molar-refractivity contribution in [2.75, 3.05) is 39.5 Å². The van der Waals surface area contributed by atoms with E-state index in [-0.39, 0.29) is 17.9 Å². The number of hydrogen-bond donors (Lipinski definition) is 1. The van der Waals surface area contributed by atoms with Crippen LogP contribution < -0.4 is 11.2 Å². The summed E-state index contributed by atoms with van der Waals surface area (Å²) in [7, 11) is 1.63. The minimum Gasteiger partial charge on any atom is -0.395 e. The van der Waals surface area contributed by atoms with E-state index in [4.69, 9.17) is 4.74 Å². The Bertz CT molecular complexity index is 1100. The molecule has 1 saturated heterocycles. The largest absolute Gasteiger partial charge is 0.395 e. The standard InChI is InChI=1S/C17H24N6O4/c1-12-11-23-13-14(18-16(23)21(12)5-8-24)19(2)17(26)22(15(13)25)4-3-20-6-9-27-10-7-20/h11,24H,3-10H2,1-2H3. The van der Waals surface area contributed by atoms with Crippen LogP contribution in [-0.2, 0) is 24.9 Å². The number of imidazole rings is 2. The molecule has 0 unspecified atom stereocenters. The third-order valence-corrected chi connectivity index (χ3v) is 5.21. The SMILES string of the molecule is Cc1cn2c3c(=O)n(CCN4CCOCC4)c(=O)n(C)c3nc2n1CCO. The maximum absolute atomic E-state index is 13.1. The molecule has 146 valence electrons. The average Bonchev–Trinajstić information content (AvgIpc) is 3.17. The molecule has 10 nitrogen and oxygen atoms in total. The molecule has 4 heterocycles. The van der Waals surface area contributed by atoms with Crippen LogP contribution in [0.2, 0.25) is 0 Å². The van der Waals surface area contributed by atoms with Crippen LogP contribution in [0.15, 0.2) is 15.8 Å². The number of rotatable bonds is 5. The molecule has 10 heteroatoms. The van der Waals surface area contributed by atoms with Gasteiger partial charge in [0, 0.05) is 51.7 Å². The van der Waals surface area contributed by atoms with Gasteiger partial charge in [-0.3, -0.25) is 23.2 Å². The van der Waals surface area contributed by atoms with Crippen molar-refractivity contribution in [1.29, 1.82) is 0 Å². The van der Waals surface area contributed by atoms with Crippen molar-refractivity contribution in [1.82, 2.24) is 28.0 Å². The quantitative estimate of drug-likeness (QED) is 0.600. The summed E-state index contributed by atoms with van der Waals surface area (Å²) in [6, 6.07) is 0. The highest BCUT2D eigenvalue weighted by atomic mass is 16.5. The van der Waals surface area contributed by atoms with Gasteiger partial charge in [0.25, 0.3) is 5.56 Å². The highest BCUT2D eigenvalue weighted by Gasteiger charge is 2.20. The van der Waals surface area contributed by atoms with Crippen LogP contribution in [-0.4, -0.2) is 72.5 Å². The predicted molar refractivity (Wildman–Crippen MR) is 99.3 cm³/mol. The summed E-state index contributed by atoms with van der Waals surface area (Å²) in [5.74, 6) is 0.551. The zero-order valence-corrected chi connectivity index (χ0v) is 15.6. The van der Waals surface area contributed by atoms with Gasteiger partial charge in [0.1, 0.15) is 0 Å². The molecule has 3 aromatic rings. The Morgan fingerprint density at radius 1 is 1.15 bits per heavy atom. The first-order valence-corrected chi connectivity index (χ1v) is 9.11. The lowest BCUT2D eigenvalue weighted by atomic mass is 10.4. The van der Waals surface area contributed by atoms with Gasteiger partial charge in [-0.15, -0.1) is 0 Å². The molecule has 0 aromatic carbocycles. The first-order chi connectivity index (χ1) is 13.0. The molecule has 0 saturated carbocycles. The second kappa shape index (κ2) is 6.95. The highest BCUT2D eigenvalue weighted by Crippen LogP contribution is 2.15. The summed E-state index contributed by atoms with van der Waals surface area (Å²) >= 11 is 0. The molecule has 1 aliphatic rings. The molecule has 1 aliphatic heterocycles. The number of aryl methyl sites for hydroxylation is 2. The third-order valence-electron chi connectivity index (χ3n) is 5.21. The zero-order valence-electron chi connectivity index (χ0n) is 15.6. The normalized spacial score (nSPS) is 16.0. The maximum Gasteiger partial charge on any atom is 0.332 e. The van der Waals surface area contributed by atoms with E-state index in [2.05, 4.69) is 9.88 Å². The Morgan fingerprint density at radius 3 is 2.59 bits per heavy atom. The summed E-state index contributed by atoms with van der Waals surface area (Å²) in [6.07, 6.45) is 1.82. The van der Waals surface area contributed by atoms with Crippen molar-refractivity contribution in [3.05, 3.63) is 32.7 Å². The summed E-state index contributed by atoms with van der Waals surface area (Å²) in [4.78, 5) is 32.5.